The van der Waals surface area contributed by atoms with Gasteiger partial charge in [-0.25, -0.2) is 9.97 Å². The highest BCUT2D eigenvalue weighted by Crippen LogP contribution is 2.26. The van der Waals surface area contributed by atoms with Crippen molar-refractivity contribution in [3.63, 3.8) is 0 Å². The van der Waals surface area contributed by atoms with Crippen LogP contribution in [0, 0.1) is 10.1 Å². The lowest BCUT2D eigenvalue weighted by molar-refractivity contribution is -0.411. The first-order valence-corrected chi connectivity index (χ1v) is 7.17. The van der Waals surface area contributed by atoms with Gasteiger partial charge in [-0.3, -0.25) is 15.0 Å². The first-order valence-electron chi connectivity index (χ1n) is 6.36. The van der Waals surface area contributed by atoms with Crippen LogP contribution in [0.3, 0.4) is 0 Å². The molecule has 0 unspecified atom stereocenters. The molecule has 0 spiro atoms. The van der Waals surface area contributed by atoms with Crippen LogP contribution in [0.1, 0.15) is 5.01 Å². The SMILES string of the molecule is CN(Cc1nc2ccccc2s1)c1[nH+]cccc1[N+](=O)[O-]. The number of nitrogens with one attached hydrogen (secondary N) is 1. The third-order valence-corrected chi connectivity index (χ3v) is 4.12. The lowest BCUT2D eigenvalue weighted by atomic mass is 10.3. The molecule has 0 radical (unpaired) electrons. The third kappa shape index (κ3) is 2.68. The molecule has 0 aliphatic carbocycles. The fourth-order valence-electron chi connectivity index (χ4n) is 2.14. The van der Waals surface area contributed by atoms with E-state index >= 15 is 0 Å². The Morgan fingerprint density at radius 3 is 2.90 bits per heavy atom. The number of aromatic amines is 1. The molecule has 7 heteroatoms. The van der Waals surface area contributed by atoms with Crippen LogP contribution in [-0.2, 0) is 6.54 Å². The summed E-state index contributed by atoms with van der Waals surface area (Å²) in [6.07, 6.45) is 1.68. The molecular weight excluding hydrogens is 288 g/mol. The van der Waals surface area contributed by atoms with Gasteiger partial charge in [0.1, 0.15) is 11.6 Å². The summed E-state index contributed by atoms with van der Waals surface area (Å²) in [5.74, 6) is 0.474. The van der Waals surface area contributed by atoms with Crippen LogP contribution in [0.2, 0.25) is 0 Å². The molecule has 0 aliphatic rings. The highest BCUT2D eigenvalue weighted by Gasteiger charge is 2.25. The van der Waals surface area contributed by atoms with E-state index in [1.165, 1.54) is 6.07 Å². The van der Waals surface area contributed by atoms with Crippen LogP contribution in [0.5, 0.6) is 0 Å². The second-order valence-corrected chi connectivity index (χ2v) is 5.71. The van der Waals surface area contributed by atoms with Gasteiger partial charge < -0.3 is 0 Å². The van der Waals surface area contributed by atoms with Gasteiger partial charge in [0.15, 0.2) is 0 Å². The number of nitrogens with zero attached hydrogens (tertiary/aromatic N) is 3. The van der Waals surface area contributed by atoms with Crippen molar-refractivity contribution in [2.45, 2.75) is 6.54 Å². The average molecular weight is 301 g/mol. The minimum absolute atomic E-state index is 0.0566. The van der Waals surface area contributed by atoms with E-state index in [4.69, 9.17) is 0 Å². The number of aromatic nitrogens is 2. The Labute approximate surface area is 124 Å². The molecule has 2 heterocycles. The number of H-pyrrole nitrogens is 1. The molecular formula is C14H13N4O2S+. The largest absolute Gasteiger partial charge is 0.357 e. The van der Waals surface area contributed by atoms with Crippen LogP contribution in [0.4, 0.5) is 11.5 Å². The van der Waals surface area contributed by atoms with Crippen molar-refractivity contribution in [3.8, 4) is 0 Å². The zero-order valence-corrected chi connectivity index (χ0v) is 12.1. The molecule has 0 saturated carbocycles. The fourth-order valence-corrected chi connectivity index (χ4v) is 3.16. The Morgan fingerprint density at radius 2 is 2.14 bits per heavy atom. The summed E-state index contributed by atoms with van der Waals surface area (Å²) in [6.45, 7) is 0.515. The predicted molar refractivity (Wildman–Crippen MR) is 81.4 cm³/mol. The number of para-hydroxylation sites is 1. The molecule has 3 rings (SSSR count). The van der Waals surface area contributed by atoms with E-state index in [0.717, 1.165) is 15.2 Å². The molecule has 1 N–H and O–H groups in total. The number of benzene rings is 1. The van der Waals surface area contributed by atoms with Gasteiger partial charge in [0.05, 0.1) is 28.4 Å². The van der Waals surface area contributed by atoms with E-state index in [2.05, 4.69) is 9.97 Å². The predicted octanol–water partition coefficient (Wildman–Crippen LogP) is 2.66. The van der Waals surface area contributed by atoms with Gasteiger partial charge in [0.2, 0.25) is 0 Å². The van der Waals surface area contributed by atoms with E-state index in [1.54, 1.807) is 28.5 Å². The first-order chi connectivity index (χ1) is 10.1. The number of hydrogen-bond acceptors (Lipinski definition) is 5. The first kappa shape index (κ1) is 13.4. The number of pyridine rings is 1. The van der Waals surface area contributed by atoms with Crippen molar-refractivity contribution in [2.24, 2.45) is 0 Å². The molecule has 21 heavy (non-hydrogen) atoms. The van der Waals surface area contributed by atoms with Crippen molar-refractivity contribution in [1.82, 2.24) is 4.98 Å². The maximum atomic E-state index is 11.1. The Balaban J connectivity index is 1.89. The molecule has 0 atom stereocenters. The van der Waals surface area contributed by atoms with Gasteiger partial charge in [0, 0.05) is 6.07 Å². The van der Waals surface area contributed by atoms with Gasteiger partial charge in [-0.05, 0) is 18.2 Å². The summed E-state index contributed by atoms with van der Waals surface area (Å²) in [4.78, 5) is 20.0. The van der Waals surface area contributed by atoms with E-state index < -0.39 is 0 Å². The van der Waals surface area contributed by atoms with Gasteiger partial charge in [-0.15, -0.1) is 11.3 Å². The molecule has 1 aromatic carbocycles. The number of thiazole rings is 1. The van der Waals surface area contributed by atoms with Crippen LogP contribution in [0.25, 0.3) is 10.2 Å². The van der Waals surface area contributed by atoms with Gasteiger partial charge in [-0.1, -0.05) is 12.1 Å². The molecule has 0 fully saturated rings. The van der Waals surface area contributed by atoms with Crippen LogP contribution < -0.4 is 9.88 Å². The highest BCUT2D eigenvalue weighted by atomic mass is 32.1. The molecule has 0 bridgehead atoms. The Hall–Kier alpha value is -2.54. The van der Waals surface area contributed by atoms with Gasteiger partial charge in [-0.2, -0.15) is 0 Å². The van der Waals surface area contributed by atoms with Crippen LogP contribution in [0.15, 0.2) is 42.6 Å². The van der Waals surface area contributed by atoms with E-state index in [-0.39, 0.29) is 10.6 Å². The van der Waals surface area contributed by atoms with E-state index in [9.17, 15) is 10.1 Å². The fraction of sp³-hybridized carbons (Fsp3) is 0.143. The van der Waals surface area contributed by atoms with Crippen molar-refractivity contribution in [2.75, 3.05) is 11.9 Å². The Kier molecular flexibility index (Phi) is 3.49. The maximum absolute atomic E-state index is 11.1. The summed E-state index contributed by atoms with van der Waals surface area (Å²) < 4.78 is 1.12. The molecule has 3 aromatic rings. The Bertz CT molecular complexity index is 769. The second kappa shape index (κ2) is 5.45. The minimum Gasteiger partial charge on any atom is -0.258 e. The number of fused-ring (bicyclic) bond motifs is 1. The summed E-state index contributed by atoms with van der Waals surface area (Å²) in [5, 5.41) is 12.0. The number of rotatable bonds is 4. The molecule has 2 aromatic heterocycles. The number of anilines is 1. The minimum atomic E-state index is -0.388. The topological polar surface area (TPSA) is 73.4 Å². The molecule has 0 amide bonds. The summed E-state index contributed by atoms with van der Waals surface area (Å²) in [7, 11) is 1.81. The van der Waals surface area contributed by atoms with Crippen molar-refractivity contribution in [3.05, 3.63) is 57.7 Å². The summed E-state index contributed by atoms with van der Waals surface area (Å²) in [6, 6.07) is 11.0. The van der Waals surface area contributed by atoms with E-state index in [1.807, 2.05) is 31.3 Å². The maximum Gasteiger partial charge on any atom is 0.357 e. The van der Waals surface area contributed by atoms with E-state index in [0.29, 0.717) is 12.4 Å². The Morgan fingerprint density at radius 1 is 1.33 bits per heavy atom. The number of nitro groups is 1. The summed E-state index contributed by atoms with van der Waals surface area (Å²) >= 11 is 1.60. The lowest BCUT2D eigenvalue weighted by Gasteiger charge is -2.08. The molecule has 0 saturated heterocycles. The van der Waals surface area contributed by atoms with Crippen LogP contribution >= 0.6 is 11.3 Å². The van der Waals surface area contributed by atoms with Crippen molar-refractivity contribution >= 4 is 33.1 Å². The molecule has 0 aliphatic heterocycles. The lowest BCUT2D eigenvalue weighted by Crippen LogP contribution is -2.25. The van der Waals surface area contributed by atoms with Crippen molar-refractivity contribution in [1.29, 1.82) is 0 Å². The smallest absolute Gasteiger partial charge is 0.258 e. The van der Waals surface area contributed by atoms with Crippen molar-refractivity contribution < 1.29 is 9.91 Å². The van der Waals surface area contributed by atoms with Crippen LogP contribution in [-0.4, -0.2) is 17.0 Å². The standard InChI is InChI=1S/C14H12N4O2S/c1-17(14-11(18(19)20)6-4-8-15-14)9-13-16-10-5-2-3-7-12(10)21-13/h2-8H,9H2,1H3/p+1. The quantitative estimate of drug-likeness (QED) is 0.548. The van der Waals surface area contributed by atoms with Gasteiger partial charge in [0.25, 0.3) is 0 Å². The number of hydrogen-bond donors (Lipinski definition) is 0. The monoisotopic (exact) mass is 301 g/mol. The normalized spacial score (nSPS) is 10.7. The molecule has 106 valence electrons. The third-order valence-electron chi connectivity index (χ3n) is 3.10. The van der Waals surface area contributed by atoms with Gasteiger partial charge >= 0.3 is 11.5 Å². The highest BCUT2D eigenvalue weighted by molar-refractivity contribution is 7.18. The summed E-state index contributed by atoms with van der Waals surface area (Å²) in [5.41, 5.74) is 1.01. The second-order valence-electron chi connectivity index (χ2n) is 4.59. The average Bonchev–Trinajstić information content (AvgIpc) is 2.89. The zero-order chi connectivity index (χ0) is 14.8. The molecule has 6 nitrogen and oxygen atoms in total. The zero-order valence-electron chi connectivity index (χ0n) is 11.3.